The van der Waals surface area contributed by atoms with E-state index in [0.29, 0.717) is 11.4 Å². The van der Waals surface area contributed by atoms with E-state index in [-0.39, 0.29) is 11.9 Å². The highest BCUT2D eigenvalue weighted by Crippen LogP contribution is 2.35. The lowest BCUT2D eigenvalue weighted by Crippen LogP contribution is -2.30. The first-order chi connectivity index (χ1) is 11.7. The number of aryl methyl sites for hydroxylation is 1. The maximum atomic E-state index is 12.9. The van der Waals surface area contributed by atoms with Crippen molar-refractivity contribution in [1.29, 1.82) is 0 Å². The molecule has 0 spiro atoms. The van der Waals surface area contributed by atoms with Crippen molar-refractivity contribution in [2.45, 2.75) is 18.9 Å². The van der Waals surface area contributed by atoms with Crippen LogP contribution in [0.3, 0.4) is 0 Å². The van der Waals surface area contributed by atoms with Crippen LogP contribution in [0.15, 0.2) is 61.3 Å². The SMILES string of the molecule is CN(C(=O)c1ccnc(-n2ccnc2)c1)[C@H]1CCc2ccccc21. The van der Waals surface area contributed by atoms with Crippen LogP contribution in [0.5, 0.6) is 0 Å². The van der Waals surface area contributed by atoms with E-state index in [1.165, 1.54) is 11.1 Å². The number of pyridine rings is 1. The summed E-state index contributed by atoms with van der Waals surface area (Å²) in [5.74, 6) is 0.707. The van der Waals surface area contributed by atoms with Gasteiger partial charge in [-0.1, -0.05) is 24.3 Å². The van der Waals surface area contributed by atoms with Crippen molar-refractivity contribution in [2.75, 3.05) is 7.05 Å². The van der Waals surface area contributed by atoms with E-state index in [2.05, 4.69) is 28.2 Å². The fourth-order valence-electron chi connectivity index (χ4n) is 3.37. The summed E-state index contributed by atoms with van der Waals surface area (Å²) in [6.45, 7) is 0. The molecule has 1 aliphatic rings. The molecule has 1 atom stereocenters. The van der Waals surface area contributed by atoms with Crippen molar-refractivity contribution in [3.8, 4) is 5.82 Å². The van der Waals surface area contributed by atoms with Crippen LogP contribution in [-0.4, -0.2) is 32.4 Å². The summed E-state index contributed by atoms with van der Waals surface area (Å²) in [6, 6.07) is 12.1. The number of amides is 1. The third-order valence-electron chi connectivity index (χ3n) is 4.65. The van der Waals surface area contributed by atoms with Crippen LogP contribution in [0, 0.1) is 0 Å². The summed E-state index contributed by atoms with van der Waals surface area (Å²) >= 11 is 0. The minimum absolute atomic E-state index is 0.0143. The first-order valence-electron chi connectivity index (χ1n) is 8.03. The van der Waals surface area contributed by atoms with Crippen LogP contribution in [0.4, 0.5) is 0 Å². The molecule has 0 aliphatic heterocycles. The summed E-state index contributed by atoms with van der Waals surface area (Å²) in [5.41, 5.74) is 3.24. The number of benzene rings is 1. The van der Waals surface area contributed by atoms with E-state index >= 15 is 0 Å². The number of hydrogen-bond donors (Lipinski definition) is 0. The number of fused-ring (bicyclic) bond motifs is 1. The molecule has 1 aromatic carbocycles. The molecule has 0 radical (unpaired) electrons. The highest BCUT2D eigenvalue weighted by atomic mass is 16.2. The zero-order valence-electron chi connectivity index (χ0n) is 13.5. The van der Waals surface area contributed by atoms with Crippen LogP contribution in [0.1, 0.15) is 33.9 Å². The number of carbonyl (C=O) groups excluding carboxylic acids is 1. The van der Waals surface area contributed by atoms with Crippen molar-refractivity contribution >= 4 is 5.91 Å². The lowest BCUT2D eigenvalue weighted by molar-refractivity contribution is 0.0730. The average Bonchev–Trinajstić information content (AvgIpc) is 3.30. The Morgan fingerprint density at radius 3 is 2.96 bits per heavy atom. The lowest BCUT2D eigenvalue weighted by Gasteiger charge is -2.25. The molecule has 1 aliphatic carbocycles. The van der Waals surface area contributed by atoms with E-state index in [1.807, 2.05) is 24.2 Å². The summed E-state index contributed by atoms with van der Waals surface area (Å²) in [4.78, 5) is 23.1. The fraction of sp³-hybridized carbons (Fsp3) is 0.211. The van der Waals surface area contributed by atoms with Gasteiger partial charge in [-0.3, -0.25) is 9.36 Å². The Balaban J connectivity index is 1.61. The van der Waals surface area contributed by atoms with Gasteiger partial charge in [-0.05, 0) is 36.1 Å². The van der Waals surface area contributed by atoms with Gasteiger partial charge in [0.25, 0.3) is 5.91 Å². The van der Waals surface area contributed by atoms with Gasteiger partial charge in [0, 0.05) is 31.2 Å². The third-order valence-corrected chi connectivity index (χ3v) is 4.65. The van der Waals surface area contributed by atoms with Gasteiger partial charge in [0.05, 0.1) is 6.04 Å². The van der Waals surface area contributed by atoms with Crippen LogP contribution in [0.25, 0.3) is 5.82 Å². The molecule has 2 heterocycles. The van der Waals surface area contributed by atoms with E-state index in [1.54, 1.807) is 35.4 Å². The van der Waals surface area contributed by atoms with Gasteiger partial charge in [0.2, 0.25) is 0 Å². The van der Waals surface area contributed by atoms with Gasteiger partial charge in [0.1, 0.15) is 12.1 Å². The fourth-order valence-corrected chi connectivity index (χ4v) is 3.37. The molecule has 0 unspecified atom stereocenters. The predicted molar refractivity (Wildman–Crippen MR) is 91.0 cm³/mol. The number of nitrogens with zero attached hydrogens (tertiary/aromatic N) is 4. The predicted octanol–water partition coefficient (Wildman–Crippen LogP) is 3.03. The number of carbonyl (C=O) groups is 1. The molecule has 5 nitrogen and oxygen atoms in total. The highest BCUT2D eigenvalue weighted by Gasteiger charge is 2.28. The molecule has 4 rings (SSSR count). The van der Waals surface area contributed by atoms with Gasteiger partial charge in [-0.2, -0.15) is 0 Å². The van der Waals surface area contributed by atoms with Crippen LogP contribution in [-0.2, 0) is 6.42 Å². The number of hydrogen-bond acceptors (Lipinski definition) is 3. The van der Waals surface area contributed by atoms with Gasteiger partial charge in [-0.15, -0.1) is 0 Å². The molecule has 24 heavy (non-hydrogen) atoms. The maximum Gasteiger partial charge on any atom is 0.254 e. The molecule has 3 aromatic rings. The molecule has 2 aromatic heterocycles. The first-order valence-corrected chi connectivity index (χ1v) is 8.03. The molecule has 0 saturated heterocycles. The normalized spacial score (nSPS) is 16.0. The average molecular weight is 318 g/mol. The van der Waals surface area contributed by atoms with Crippen molar-refractivity contribution in [1.82, 2.24) is 19.4 Å². The van der Waals surface area contributed by atoms with Gasteiger partial charge in [-0.25, -0.2) is 9.97 Å². The molecule has 0 N–H and O–H groups in total. The van der Waals surface area contributed by atoms with Gasteiger partial charge >= 0.3 is 0 Å². The summed E-state index contributed by atoms with van der Waals surface area (Å²) in [5, 5.41) is 0. The standard InChI is InChI=1S/C19H18N4O/c1-22(17-7-6-14-4-2-3-5-16(14)17)19(24)15-8-9-21-18(12-15)23-11-10-20-13-23/h2-5,8-13,17H,6-7H2,1H3/t17-/m0/s1. The minimum Gasteiger partial charge on any atom is -0.335 e. The molecule has 0 saturated carbocycles. The Morgan fingerprint density at radius 1 is 1.25 bits per heavy atom. The zero-order valence-corrected chi connectivity index (χ0v) is 13.5. The third kappa shape index (κ3) is 2.48. The van der Waals surface area contributed by atoms with Gasteiger partial charge < -0.3 is 4.90 Å². The molecule has 0 fully saturated rings. The first kappa shape index (κ1) is 14.6. The van der Waals surface area contributed by atoms with E-state index < -0.39 is 0 Å². The Kier molecular flexibility index (Phi) is 3.61. The number of aromatic nitrogens is 3. The van der Waals surface area contributed by atoms with Crippen molar-refractivity contribution < 1.29 is 4.79 Å². The summed E-state index contributed by atoms with van der Waals surface area (Å²) in [7, 11) is 1.88. The smallest absolute Gasteiger partial charge is 0.254 e. The highest BCUT2D eigenvalue weighted by molar-refractivity contribution is 5.94. The quantitative estimate of drug-likeness (QED) is 0.746. The second-order valence-corrected chi connectivity index (χ2v) is 6.04. The van der Waals surface area contributed by atoms with Crippen molar-refractivity contribution in [3.05, 3.63) is 78.0 Å². The second kappa shape index (κ2) is 5.92. The van der Waals surface area contributed by atoms with Gasteiger partial charge in [0.15, 0.2) is 0 Å². The van der Waals surface area contributed by atoms with Crippen LogP contribution < -0.4 is 0 Å². The minimum atomic E-state index is 0.0143. The van der Waals surface area contributed by atoms with E-state index in [0.717, 1.165) is 12.8 Å². The van der Waals surface area contributed by atoms with Crippen molar-refractivity contribution in [3.63, 3.8) is 0 Å². The zero-order chi connectivity index (χ0) is 16.5. The Morgan fingerprint density at radius 2 is 2.12 bits per heavy atom. The molecule has 5 heteroatoms. The van der Waals surface area contributed by atoms with E-state index in [4.69, 9.17) is 0 Å². The monoisotopic (exact) mass is 318 g/mol. The molecule has 1 amide bonds. The molecule has 0 bridgehead atoms. The van der Waals surface area contributed by atoms with Crippen molar-refractivity contribution in [2.24, 2.45) is 0 Å². The topological polar surface area (TPSA) is 51.0 Å². The lowest BCUT2D eigenvalue weighted by atomic mass is 10.1. The van der Waals surface area contributed by atoms with Crippen LogP contribution >= 0.6 is 0 Å². The summed E-state index contributed by atoms with van der Waals surface area (Å²) in [6.07, 6.45) is 8.84. The summed E-state index contributed by atoms with van der Waals surface area (Å²) < 4.78 is 1.79. The van der Waals surface area contributed by atoms with Crippen LogP contribution in [0.2, 0.25) is 0 Å². The molecular formula is C19H18N4O. The number of rotatable bonds is 3. The maximum absolute atomic E-state index is 12.9. The molecule has 120 valence electrons. The Bertz CT molecular complexity index is 873. The molecular weight excluding hydrogens is 300 g/mol. The second-order valence-electron chi connectivity index (χ2n) is 6.04. The number of imidazole rings is 1. The van der Waals surface area contributed by atoms with E-state index in [9.17, 15) is 4.79 Å². The Labute approximate surface area is 140 Å². The largest absolute Gasteiger partial charge is 0.335 e. The Hall–Kier alpha value is -2.95.